The normalized spacial score (nSPS) is 10.5. The van der Waals surface area contributed by atoms with Crippen LogP contribution >= 0.6 is 0 Å². The highest BCUT2D eigenvalue weighted by atomic mass is 16.5. The number of carbonyl (C=O) groups excluding carboxylic acids is 2. The van der Waals surface area contributed by atoms with Gasteiger partial charge in [0.2, 0.25) is 11.8 Å². The highest BCUT2D eigenvalue weighted by Gasteiger charge is 2.06. The Labute approximate surface area is 153 Å². The number of hydrogen-bond donors (Lipinski definition) is 1. The van der Waals surface area contributed by atoms with Crippen LogP contribution in [0.15, 0.2) is 48.5 Å². The molecule has 2 amide bonds. The van der Waals surface area contributed by atoms with E-state index in [0.29, 0.717) is 17.2 Å². The van der Waals surface area contributed by atoms with Crippen molar-refractivity contribution in [2.75, 3.05) is 31.5 Å². The SMILES string of the molecule is COc1ccc(C=CC(=O)Nc2ccc(N(C)C(C)=O)cc2)cc1OC. The minimum atomic E-state index is -0.257. The molecule has 2 rings (SSSR count). The lowest BCUT2D eigenvalue weighted by atomic mass is 10.2. The Morgan fingerprint density at radius 3 is 2.23 bits per heavy atom. The van der Waals surface area contributed by atoms with Gasteiger partial charge in [-0.05, 0) is 48.0 Å². The summed E-state index contributed by atoms with van der Waals surface area (Å²) < 4.78 is 10.4. The Kier molecular flexibility index (Phi) is 6.38. The van der Waals surface area contributed by atoms with Crippen LogP contribution in [0.4, 0.5) is 11.4 Å². The first-order chi connectivity index (χ1) is 12.4. The van der Waals surface area contributed by atoms with Crippen LogP contribution in [0, 0.1) is 0 Å². The summed E-state index contributed by atoms with van der Waals surface area (Å²) in [5, 5.41) is 2.77. The molecule has 0 aromatic heterocycles. The third-order valence-electron chi connectivity index (χ3n) is 3.83. The summed E-state index contributed by atoms with van der Waals surface area (Å²) >= 11 is 0. The molecule has 2 aromatic carbocycles. The molecular formula is C20H22N2O4. The van der Waals surface area contributed by atoms with Crippen LogP contribution in [0.2, 0.25) is 0 Å². The second-order valence-electron chi connectivity index (χ2n) is 5.56. The van der Waals surface area contributed by atoms with Crippen molar-refractivity contribution in [2.45, 2.75) is 6.92 Å². The molecule has 1 N–H and O–H groups in total. The maximum absolute atomic E-state index is 12.1. The number of benzene rings is 2. The van der Waals surface area contributed by atoms with Gasteiger partial charge in [-0.1, -0.05) is 6.07 Å². The second-order valence-corrected chi connectivity index (χ2v) is 5.56. The monoisotopic (exact) mass is 354 g/mol. The molecule has 26 heavy (non-hydrogen) atoms. The standard InChI is InChI=1S/C20H22N2O4/c1-14(23)22(2)17-9-7-16(8-10-17)21-20(24)12-6-15-5-11-18(25-3)19(13-15)26-4/h5-13H,1-4H3,(H,21,24). The van der Waals surface area contributed by atoms with Crippen LogP contribution in [0.5, 0.6) is 11.5 Å². The van der Waals surface area contributed by atoms with Gasteiger partial charge < -0.3 is 19.7 Å². The zero-order chi connectivity index (χ0) is 19.1. The van der Waals surface area contributed by atoms with Crippen molar-refractivity contribution in [3.05, 3.63) is 54.1 Å². The zero-order valence-corrected chi connectivity index (χ0v) is 15.3. The first kappa shape index (κ1) is 19.1. The molecule has 2 aromatic rings. The lowest BCUT2D eigenvalue weighted by molar-refractivity contribution is -0.116. The molecule has 0 unspecified atom stereocenters. The van der Waals surface area contributed by atoms with Crippen LogP contribution in [0.3, 0.4) is 0 Å². The Morgan fingerprint density at radius 1 is 1.00 bits per heavy atom. The predicted molar refractivity (Wildman–Crippen MR) is 103 cm³/mol. The number of carbonyl (C=O) groups is 2. The smallest absolute Gasteiger partial charge is 0.248 e. The number of hydrogen-bond acceptors (Lipinski definition) is 4. The average Bonchev–Trinajstić information content (AvgIpc) is 2.66. The molecule has 136 valence electrons. The van der Waals surface area contributed by atoms with E-state index >= 15 is 0 Å². The topological polar surface area (TPSA) is 67.9 Å². The first-order valence-corrected chi connectivity index (χ1v) is 8.00. The summed E-state index contributed by atoms with van der Waals surface area (Å²) in [5.41, 5.74) is 2.22. The van der Waals surface area contributed by atoms with Gasteiger partial charge >= 0.3 is 0 Å². The van der Waals surface area contributed by atoms with Gasteiger partial charge in [-0.3, -0.25) is 9.59 Å². The number of rotatable bonds is 6. The van der Waals surface area contributed by atoms with E-state index in [1.165, 1.54) is 17.9 Å². The fraction of sp³-hybridized carbons (Fsp3) is 0.200. The number of ether oxygens (including phenoxy) is 2. The predicted octanol–water partition coefficient (Wildman–Crippen LogP) is 3.34. The Hall–Kier alpha value is -3.28. The summed E-state index contributed by atoms with van der Waals surface area (Å²) in [5.74, 6) is 0.914. The molecule has 6 nitrogen and oxygen atoms in total. The lowest BCUT2D eigenvalue weighted by Gasteiger charge is -2.15. The number of methoxy groups -OCH3 is 2. The second kappa shape index (κ2) is 8.71. The van der Waals surface area contributed by atoms with E-state index in [-0.39, 0.29) is 11.8 Å². The average molecular weight is 354 g/mol. The van der Waals surface area contributed by atoms with Crippen molar-refractivity contribution < 1.29 is 19.1 Å². The molecule has 0 aliphatic rings. The van der Waals surface area contributed by atoms with Gasteiger partial charge in [0.1, 0.15) is 0 Å². The van der Waals surface area contributed by atoms with Crippen LogP contribution < -0.4 is 19.7 Å². The number of nitrogens with one attached hydrogen (secondary N) is 1. The molecule has 0 aliphatic heterocycles. The Morgan fingerprint density at radius 2 is 1.65 bits per heavy atom. The maximum Gasteiger partial charge on any atom is 0.248 e. The molecule has 0 fully saturated rings. The fourth-order valence-corrected chi connectivity index (χ4v) is 2.26. The Balaban J connectivity index is 2.02. The van der Waals surface area contributed by atoms with Gasteiger partial charge in [0.25, 0.3) is 0 Å². The third-order valence-corrected chi connectivity index (χ3v) is 3.83. The fourth-order valence-electron chi connectivity index (χ4n) is 2.26. The molecule has 0 radical (unpaired) electrons. The highest BCUT2D eigenvalue weighted by molar-refractivity contribution is 6.02. The van der Waals surface area contributed by atoms with Gasteiger partial charge in [0, 0.05) is 31.4 Å². The van der Waals surface area contributed by atoms with Gasteiger partial charge in [-0.25, -0.2) is 0 Å². The molecule has 0 atom stereocenters. The van der Waals surface area contributed by atoms with Crippen LogP contribution in [-0.4, -0.2) is 33.1 Å². The third kappa shape index (κ3) is 4.86. The largest absolute Gasteiger partial charge is 0.493 e. The van der Waals surface area contributed by atoms with Gasteiger partial charge in [0.05, 0.1) is 14.2 Å². The summed E-state index contributed by atoms with van der Waals surface area (Å²) in [6.45, 7) is 1.49. The van der Waals surface area contributed by atoms with Gasteiger partial charge in [-0.2, -0.15) is 0 Å². The minimum Gasteiger partial charge on any atom is -0.493 e. The molecule has 0 saturated carbocycles. The molecule has 6 heteroatoms. The number of nitrogens with zero attached hydrogens (tertiary/aromatic N) is 1. The molecular weight excluding hydrogens is 332 g/mol. The molecule has 0 bridgehead atoms. The quantitative estimate of drug-likeness (QED) is 0.808. The molecule has 0 spiro atoms. The summed E-state index contributed by atoms with van der Waals surface area (Å²) in [6, 6.07) is 12.4. The summed E-state index contributed by atoms with van der Waals surface area (Å²) in [6.07, 6.45) is 3.13. The summed E-state index contributed by atoms with van der Waals surface area (Å²) in [4.78, 5) is 24.9. The molecule has 0 aliphatic carbocycles. The van der Waals surface area contributed by atoms with Gasteiger partial charge in [-0.15, -0.1) is 0 Å². The minimum absolute atomic E-state index is 0.0559. The van der Waals surface area contributed by atoms with Crippen molar-refractivity contribution in [1.29, 1.82) is 0 Å². The first-order valence-electron chi connectivity index (χ1n) is 8.00. The van der Waals surface area contributed by atoms with Crippen LogP contribution in [0.25, 0.3) is 6.08 Å². The lowest BCUT2D eigenvalue weighted by Crippen LogP contribution is -2.22. The molecule has 0 saturated heterocycles. The highest BCUT2D eigenvalue weighted by Crippen LogP contribution is 2.28. The van der Waals surface area contributed by atoms with E-state index in [2.05, 4.69) is 5.32 Å². The van der Waals surface area contributed by atoms with E-state index in [1.807, 2.05) is 6.07 Å². The van der Waals surface area contributed by atoms with Crippen molar-refractivity contribution in [1.82, 2.24) is 0 Å². The van der Waals surface area contributed by atoms with E-state index in [0.717, 1.165) is 11.3 Å². The zero-order valence-electron chi connectivity index (χ0n) is 15.3. The number of anilines is 2. The van der Waals surface area contributed by atoms with Gasteiger partial charge in [0.15, 0.2) is 11.5 Å². The van der Waals surface area contributed by atoms with E-state index in [1.54, 1.807) is 63.7 Å². The summed E-state index contributed by atoms with van der Waals surface area (Å²) in [7, 11) is 4.83. The van der Waals surface area contributed by atoms with E-state index < -0.39 is 0 Å². The van der Waals surface area contributed by atoms with Crippen LogP contribution in [-0.2, 0) is 9.59 Å². The molecule has 0 heterocycles. The van der Waals surface area contributed by atoms with E-state index in [9.17, 15) is 9.59 Å². The van der Waals surface area contributed by atoms with Crippen molar-refractivity contribution in [3.63, 3.8) is 0 Å². The van der Waals surface area contributed by atoms with Crippen molar-refractivity contribution in [3.8, 4) is 11.5 Å². The maximum atomic E-state index is 12.1. The number of amides is 2. The van der Waals surface area contributed by atoms with E-state index in [4.69, 9.17) is 9.47 Å². The Bertz CT molecular complexity index is 813. The van der Waals surface area contributed by atoms with Crippen LogP contribution in [0.1, 0.15) is 12.5 Å². The van der Waals surface area contributed by atoms with Crippen molar-refractivity contribution >= 4 is 29.3 Å². The van der Waals surface area contributed by atoms with Crippen molar-refractivity contribution in [2.24, 2.45) is 0 Å².